The second-order valence-corrected chi connectivity index (χ2v) is 4.75. The molecule has 0 aliphatic rings. The fourth-order valence-electron chi connectivity index (χ4n) is 2.45. The van der Waals surface area contributed by atoms with Crippen molar-refractivity contribution in [1.29, 1.82) is 0 Å². The van der Waals surface area contributed by atoms with Crippen LogP contribution in [0.1, 0.15) is 23.0 Å². The molecule has 5 nitrogen and oxygen atoms in total. The minimum atomic E-state index is -1.12. The Hall–Kier alpha value is -2.82. The molecule has 3 rings (SSSR count). The van der Waals surface area contributed by atoms with Crippen molar-refractivity contribution in [3.05, 3.63) is 41.7 Å². The lowest BCUT2D eigenvalue weighted by atomic mass is 10.0. The highest BCUT2D eigenvalue weighted by Gasteiger charge is 2.20. The topological polar surface area (TPSA) is 76.7 Å². The second-order valence-electron chi connectivity index (χ2n) is 4.75. The molecule has 1 heterocycles. The molecular weight excluding hydrogens is 272 g/mol. The van der Waals surface area contributed by atoms with E-state index in [9.17, 15) is 14.7 Å². The molecule has 106 valence electrons. The molecule has 1 aromatic heterocycles. The Morgan fingerprint density at radius 1 is 1.14 bits per heavy atom. The van der Waals surface area contributed by atoms with Crippen molar-refractivity contribution in [2.75, 3.05) is 0 Å². The Kier molecular flexibility index (Phi) is 2.90. The summed E-state index contributed by atoms with van der Waals surface area (Å²) in [4.78, 5) is 22.5. The molecule has 5 heteroatoms. The maximum absolute atomic E-state index is 11.3. The maximum atomic E-state index is 11.3. The molecule has 0 saturated heterocycles. The Morgan fingerprint density at radius 3 is 2.43 bits per heavy atom. The van der Waals surface area contributed by atoms with Gasteiger partial charge in [0.05, 0.1) is 0 Å². The number of aryl methyl sites for hydroxylation is 1. The van der Waals surface area contributed by atoms with Crippen molar-refractivity contribution < 1.29 is 23.8 Å². The average Bonchev–Trinajstić information content (AvgIpc) is 2.76. The number of carboxylic acid groups (broad SMARTS) is 1. The molecule has 0 amide bonds. The van der Waals surface area contributed by atoms with Crippen LogP contribution in [0.2, 0.25) is 0 Å². The zero-order chi connectivity index (χ0) is 15.1. The van der Waals surface area contributed by atoms with Crippen LogP contribution in [-0.2, 0) is 4.79 Å². The lowest BCUT2D eigenvalue weighted by Crippen LogP contribution is -2.01. The molecule has 0 unspecified atom stereocenters. The standard InChI is InChI=1S/C16H12O5/c1-8-12-7-13(20-9(2)17)10-5-3-4-6-11(10)15(12)21-14(8)16(18)19/h3-7H,1-2H3,(H,18,19). The number of carboxylic acids is 1. The van der Waals surface area contributed by atoms with E-state index in [1.807, 2.05) is 12.1 Å². The van der Waals surface area contributed by atoms with Gasteiger partial charge in [0, 0.05) is 28.6 Å². The van der Waals surface area contributed by atoms with Crippen LogP contribution in [0.15, 0.2) is 34.7 Å². The predicted molar refractivity (Wildman–Crippen MR) is 76.7 cm³/mol. The monoisotopic (exact) mass is 284 g/mol. The number of ether oxygens (including phenoxy) is 1. The molecule has 0 bridgehead atoms. The first kappa shape index (κ1) is 13.2. The highest BCUT2D eigenvalue weighted by molar-refractivity contribution is 6.11. The molecule has 0 saturated carbocycles. The quantitative estimate of drug-likeness (QED) is 0.575. The first-order valence-electron chi connectivity index (χ1n) is 6.35. The number of carbonyl (C=O) groups is 2. The number of carbonyl (C=O) groups excluding carboxylic acids is 1. The molecule has 0 aliphatic heterocycles. The number of furan rings is 1. The summed E-state index contributed by atoms with van der Waals surface area (Å²) in [6, 6.07) is 8.88. The third-order valence-corrected chi connectivity index (χ3v) is 3.35. The molecular formula is C16H12O5. The Labute approximate surface area is 119 Å². The summed E-state index contributed by atoms with van der Waals surface area (Å²) in [6.07, 6.45) is 0. The first-order valence-corrected chi connectivity index (χ1v) is 6.35. The van der Waals surface area contributed by atoms with Gasteiger partial charge in [-0.3, -0.25) is 4.79 Å². The van der Waals surface area contributed by atoms with Gasteiger partial charge in [0.1, 0.15) is 11.3 Å². The van der Waals surface area contributed by atoms with Gasteiger partial charge in [0.15, 0.2) is 0 Å². The summed E-state index contributed by atoms with van der Waals surface area (Å²) in [5.41, 5.74) is 0.994. The van der Waals surface area contributed by atoms with Crippen LogP contribution in [0.3, 0.4) is 0 Å². The molecule has 21 heavy (non-hydrogen) atoms. The summed E-state index contributed by atoms with van der Waals surface area (Å²) in [7, 11) is 0. The van der Waals surface area contributed by atoms with Crippen LogP contribution in [0.4, 0.5) is 0 Å². The molecule has 2 aromatic carbocycles. The molecule has 0 fully saturated rings. The third kappa shape index (κ3) is 2.03. The number of esters is 1. The van der Waals surface area contributed by atoms with E-state index in [1.165, 1.54) is 6.92 Å². The van der Waals surface area contributed by atoms with Gasteiger partial charge in [-0.25, -0.2) is 4.79 Å². The van der Waals surface area contributed by atoms with E-state index in [-0.39, 0.29) is 5.76 Å². The van der Waals surface area contributed by atoms with E-state index in [0.29, 0.717) is 33.1 Å². The fraction of sp³-hybridized carbons (Fsp3) is 0.125. The van der Waals surface area contributed by atoms with Crippen molar-refractivity contribution in [2.45, 2.75) is 13.8 Å². The summed E-state index contributed by atoms with van der Waals surface area (Å²) >= 11 is 0. The Balaban J connectivity index is 2.44. The van der Waals surface area contributed by atoms with E-state index in [2.05, 4.69) is 0 Å². The van der Waals surface area contributed by atoms with E-state index < -0.39 is 11.9 Å². The van der Waals surface area contributed by atoms with Gasteiger partial charge in [-0.2, -0.15) is 0 Å². The van der Waals surface area contributed by atoms with Crippen LogP contribution in [0.25, 0.3) is 21.7 Å². The zero-order valence-electron chi connectivity index (χ0n) is 11.5. The minimum Gasteiger partial charge on any atom is -0.475 e. The molecule has 0 atom stereocenters. The number of fused-ring (bicyclic) bond motifs is 3. The predicted octanol–water partition coefficient (Wildman–Crippen LogP) is 3.52. The molecule has 0 radical (unpaired) electrons. The highest BCUT2D eigenvalue weighted by atomic mass is 16.5. The van der Waals surface area contributed by atoms with Crippen LogP contribution in [-0.4, -0.2) is 17.0 Å². The summed E-state index contributed by atoms with van der Waals surface area (Å²) < 4.78 is 10.7. The summed E-state index contributed by atoms with van der Waals surface area (Å²) in [5, 5.41) is 11.2. The SMILES string of the molecule is CC(=O)Oc1cc2c(C)c(C(=O)O)oc2c2ccccc12. The highest BCUT2D eigenvalue weighted by Crippen LogP contribution is 2.37. The zero-order valence-corrected chi connectivity index (χ0v) is 11.5. The lowest BCUT2D eigenvalue weighted by Gasteiger charge is -2.06. The van der Waals surface area contributed by atoms with E-state index >= 15 is 0 Å². The molecule has 0 aliphatic carbocycles. The van der Waals surface area contributed by atoms with Gasteiger partial charge in [-0.1, -0.05) is 24.3 Å². The Morgan fingerprint density at radius 2 is 1.81 bits per heavy atom. The number of rotatable bonds is 2. The summed E-state index contributed by atoms with van der Waals surface area (Å²) in [6.45, 7) is 2.99. The van der Waals surface area contributed by atoms with Gasteiger partial charge in [-0.15, -0.1) is 0 Å². The van der Waals surface area contributed by atoms with Gasteiger partial charge < -0.3 is 14.3 Å². The fourth-order valence-corrected chi connectivity index (χ4v) is 2.45. The van der Waals surface area contributed by atoms with Crippen LogP contribution < -0.4 is 4.74 Å². The third-order valence-electron chi connectivity index (χ3n) is 3.35. The van der Waals surface area contributed by atoms with Crippen LogP contribution >= 0.6 is 0 Å². The molecule has 3 aromatic rings. The first-order chi connectivity index (χ1) is 9.99. The van der Waals surface area contributed by atoms with Gasteiger partial charge >= 0.3 is 11.9 Å². The molecule has 1 N–H and O–H groups in total. The lowest BCUT2D eigenvalue weighted by molar-refractivity contribution is -0.131. The Bertz CT molecular complexity index is 888. The van der Waals surface area contributed by atoms with Gasteiger partial charge in [0.2, 0.25) is 5.76 Å². The van der Waals surface area contributed by atoms with Gasteiger partial charge in [-0.05, 0) is 13.0 Å². The van der Waals surface area contributed by atoms with Crippen LogP contribution in [0, 0.1) is 6.92 Å². The number of hydrogen-bond donors (Lipinski definition) is 1. The molecule has 0 spiro atoms. The smallest absolute Gasteiger partial charge is 0.372 e. The van der Waals surface area contributed by atoms with Gasteiger partial charge in [0.25, 0.3) is 0 Å². The number of benzene rings is 2. The van der Waals surface area contributed by atoms with Crippen LogP contribution in [0.5, 0.6) is 5.75 Å². The van der Waals surface area contributed by atoms with E-state index in [0.717, 1.165) is 0 Å². The van der Waals surface area contributed by atoms with E-state index in [4.69, 9.17) is 9.15 Å². The van der Waals surface area contributed by atoms with Crippen molar-refractivity contribution in [1.82, 2.24) is 0 Å². The minimum absolute atomic E-state index is 0.102. The summed E-state index contributed by atoms with van der Waals surface area (Å²) in [5.74, 6) is -1.26. The van der Waals surface area contributed by atoms with E-state index in [1.54, 1.807) is 25.1 Å². The average molecular weight is 284 g/mol. The van der Waals surface area contributed by atoms with Crippen molar-refractivity contribution >= 4 is 33.7 Å². The largest absolute Gasteiger partial charge is 0.475 e. The van der Waals surface area contributed by atoms with Crippen molar-refractivity contribution in [2.24, 2.45) is 0 Å². The van der Waals surface area contributed by atoms with Crippen molar-refractivity contribution in [3.63, 3.8) is 0 Å². The second kappa shape index (κ2) is 4.63. The number of aromatic carboxylic acids is 1. The normalized spacial score (nSPS) is 11.0. The maximum Gasteiger partial charge on any atom is 0.372 e. The van der Waals surface area contributed by atoms with Crippen molar-refractivity contribution in [3.8, 4) is 5.75 Å². The number of hydrogen-bond acceptors (Lipinski definition) is 4.